The second kappa shape index (κ2) is 34.2. The van der Waals surface area contributed by atoms with Gasteiger partial charge in [0, 0.05) is 98.6 Å². The molecule has 0 amide bonds. The van der Waals surface area contributed by atoms with Gasteiger partial charge in [-0.25, -0.2) is 4.21 Å². The molecule has 642 valence electrons. The van der Waals surface area contributed by atoms with Crippen molar-refractivity contribution in [2.24, 2.45) is 0 Å². The Kier molecular flexibility index (Phi) is 20.5. The topological polar surface area (TPSA) is 30.0 Å². The first kappa shape index (κ1) is 81.4. The lowest BCUT2D eigenvalue weighted by molar-refractivity contribution is 0.685. The zero-order valence-corrected chi connectivity index (χ0v) is 77.1. The van der Waals surface area contributed by atoms with Crippen LogP contribution in [0.2, 0.25) is 0 Å². The highest BCUT2D eigenvalue weighted by molar-refractivity contribution is 7.86. The van der Waals surface area contributed by atoms with Gasteiger partial charge in [0.15, 0.2) is 0 Å². The van der Waals surface area contributed by atoms with E-state index < -0.39 is 10.8 Å². The van der Waals surface area contributed by atoms with Crippen molar-refractivity contribution in [2.75, 3.05) is 19.6 Å². The maximum Gasteiger partial charge on any atom is 0.0875 e. The van der Waals surface area contributed by atoms with E-state index in [2.05, 4.69) is 519 Å². The monoisotopic (exact) mass is 1790 g/mol. The highest BCUT2D eigenvalue weighted by Crippen LogP contribution is 2.58. The summed E-state index contributed by atoms with van der Waals surface area (Å²) in [4.78, 5) is 11.4. The fourth-order valence-electron chi connectivity index (χ4n) is 21.2. The van der Waals surface area contributed by atoms with Crippen molar-refractivity contribution in [2.45, 2.75) is 23.6 Å². The Morgan fingerprint density at radius 1 is 0.169 bits per heavy atom. The standard InChI is InChI=1S/C54H36N2S.C42H28N2S.C32H22OS/c1-5-15-39(16-6-1)55(40-17-7-2-8-18-40)43-29-25-37(26-30-43)45-33-35-49-47-23-13-14-24-48(47)50-36-34-46(54-52(50)51(49)53(45)57-54)38-27-31-44(32-28-38)56(41-19-9-3-10-20-41)42-21-11-4-12-22-42;1-5-15-29(16-6-1)43(30-17-7-2-8-18-30)37-27-25-35-33-23-13-14-24-34(33)36-26-28-38(42-40(36)39(35)41(37)45-42)44(31-19-9-3-10-20-31)32-21-11-4-12-22-32;1-19-9-3-5-11-21(19)27-17-15-25-23-13-7-8-14-24(23)26-16-18-28(22-12-6-4-10-20(22)2)32-30(26)29(25)31(27)34(32)33/h1-36H;1-28H;3-18H,1-2H3. The number of hydrogen-bond acceptors (Lipinski definition) is 7. The number of para-hydroxylation sites is 8. The normalized spacial score (nSPS) is 11.9. The molecule has 0 atom stereocenters. The summed E-state index contributed by atoms with van der Waals surface area (Å²) in [6.07, 6.45) is 0. The lowest BCUT2D eigenvalue weighted by Crippen LogP contribution is -2.09. The predicted molar refractivity (Wildman–Crippen MR) is 585 cm³/mol. The largest absolute Gasteiger partial charge is 0.311 e. The molecule has 3 heterocycles. The molecule has 24 aromatic carbocycles. The first-order valence-electron chi connectivity index (χ1n) is 46.4. The van der Waals surface area contributed by atoms with Gasteiger partial charge in [-0.1, -0.05) is 352 Å². The van der Waals surface area contributed by atoms with Gasteiger partial charge < -0.3 is 19.6 Å². The van der Waals surface area contributed by atoms with E-state index in [-0.39, 0.29) is 0 Å². The number of nitrogens with zero attached hydrogens (tertiary/aromatic N) is 4. The molecule has 8 heteroatoms. The summed E-state index contributed by atoms with van der Waals surface area (Å²) in [6.45, 7) is 4.26. The number of anilines is 12. The van der Waals surface area contributed by atoms with Crippen molar-refractivity contribution >= 4 is 217 Å². The fraction of sp³-hybridized carbons (Fsp3) is 0.0156. The van der Waals surface area contributed by atoms with Gasteiger partial charge in [0.1, 0.15) is 0 Å². The zero-order valence-electron chi connectivity index (χ0n) is 74.6. The highest BCUT2D eigenvalue weighted by atomic mass is 32.2. The van der Waals surface area contributed by atoms with Crippen molar-refractivity contribution in [3.63, 3.8) is 0 Å². The Bertz CT molecular complexity index is 8380. The van der Waals surface area contributed by atoms with Gasteiger partial charge in [0.2, 0.25) is 0 Å². The third-order valence-corrected chi connectivity index (χ3v) is 31.4. The molecule has 0 aliphatic carbocycles. The van der Waals surface area contributed by atoms with Crippen LogP contribution < -0.4 is 19.6 Å². The Morgan fingerprint density at radius 3 is 0.662 bits per heavy atom. The molecule has 26 aromatic rings. The molecular formula is C128H86N4OS3. The van der Waals surface area contributed by atoms with E-state index >= 15 is 0 Å². The molecular weight excluding hydrogens is 1710 g/mol. The third kappa shape index (κ3) is 13.7. The smallest absolute Gasteiger partial charge is 0.0875 e. The SMILES string of the molecule is Cc1ccccc1-c1ccc2c3ccccc3c3ccc(-c4ccccc4C)c4c3c2c1S4=O.c1ccc(N(c2ccccc2)c2ccc(-c3ccc4c5ccccc5c5ccc(-c6ccc(N(c7ccccc7)c7ccccc7)cc6)c6sc3c4c65)cc2)cc1.c1ccc(N(c2ccccc2)c2ccc3c4ccccc4c4ccc(N(c5ccccc5)c5ccccc5)c5sc2c3c54)cc1. The van der Waals surface area contributed by atoms with E-state index in [9.17, 15) is 4.21 Å². The van der Waals surface area contributed by atoms with Crippen molar-refractivity contribution < 1.29 is 4.21 Å². The molecule has 1 aliphatic heterocycles. The van der Waals surface area contributed by atoms with Crippen LogP contribution in [0.4, 0.5) is 68.2 Å². The van der Waals surface area contributed by atoms with Crippen LogP contribution in [0, 0.1) is 13.8 Å². The van der Waals surface area contributed by atoms with E-state index in [1.165, 1.54) is 150 Å². The number of rotatable bonds is 16. The molecule has 2 aromatic heterocycles. The summed E-state index contributed by atoms with van der Waals surface area (Å²) < 4.78 is 19.7. The van der Waals surface area contributed by atoms with Gasteiger partial charge >= 0.3 is 0 Å². The number of thiophene rings is 2. The molecule has 0 unspecified atom stereocenters. The quantitative estimate of drug-likeness (QED) is 0.0900. The maximum absolute atomic E-state index is 14.5. The summed E-state index contributed by atoms with van der Waals surface area (Å²) in [5.41, 5.74) is 25.5. The van der Waals surface area contributed by atoms with Crippen LogP contribution in [-0.2, 0) is 10.8 Å². The Morgan fingerprint density at radius 2 is 0.382 bits per heavy atom. The molecule has 136 heavy (non-hydrogen) atoms. The number of benzene rings is 24. The van der Waals surface area contributed by atoms with Crippen molar-refractivity contribution in [1.82, 2.24) is 0 Å². The van der Waals surface area contributed by atoms with Crippen LogP contribution >= 0.6 is 22.7 Å². The number of fused-ring (bicyclic) bond motifs is 9. The Balaban J connectivity index is 0.000000112. The first-order valence-corrected chi connectivity index (χ1v) is 49.1. The van der Waals surface area contributed by atoms with Crippen molar-refractivity contribution in [1.29, 1.82) is 0 Å². The second-order valence-electron chi connectivity index (χ2n) is 35.0. The molecule has 0 spiro atoms. The minimum Gasteiger partial charge on any atom is -0.311 e. The van der Waals surface area contributed by atoms with E-state index in [1.54, 1.807) is 0 Å². The molecule has 0 fully saturated rings. The number of aryl methyl sites for hydroxylation is 2. The van der Waals surface area contributed by atoms with Gasteiger partial charge in [-0.05, 0) is 268 Å². The lowest BCUT2D eigenvalue weighted by atomic mass is 9.89. The second-order valence-corrected chi connectivity index (χ2v) is 38.4. The van der Waals surface area contributed by atoms with Gasteiger partial charge in [0.05, 0.1) is 41.4 Å². The summed E-state index contributed by atoms with van der Waals surface area (Å²) in [6, 6.07) is 174. The van der Waals surface area contributed by atoms with Crippen LogP contribution in [0.5, 0.6) is 0 Å². The fourth-order valence-corrected chi connectivity index (χ4v) is 25.7. The summed E-state index contributed by atoms with van der Waals surface area (Å²) in [5, 5.41) is 22.9. The summed E-state index contributed by atoms with van der Waals surface area (Å²) in [5.74, 6) is 0. The molecule has 0 N–H and O–H groups in total. The molecule has 27 rings (SSSR count). The molecule has 0 radical (unpaired) electrons. The summed E-state index contributed by atoms with van der Waals surface area (Å²) >= 11 is 3.84. The van der Waals surface area contributed by atoms with Crippen molar-refractivity contribution in [3.05, 3.63) is 496 Å². The van der Waals surface area contributed by atoms with Crippen molar-refractivity contribution in [3.8, 4) is 44.5 Å². The number of hydrogen-bond donors (Lipinski definition) is 0. The van der Waals surface area contributed by atoms with Crippen LogP contribution in [0.3, 0.4) is 0 Å². The van der Waals surface area contributed by atoms with E-state index in [4.69, 9.17) is 0 Å². The summed E-state index contributed by atoms with van der Waals surface area (Å²) in [7, 11) is -1.28. The third-order valence-electron chi connectivity index (χ3n) is 27.3. The van der Waals surface area contributed by atoms with Crippen LogP contribution in [0.1, 0.15) is 11.1 Å². The first-order chi connectivity index (χ1) is 67.3. The van der Waals surface area contributed by atoms with E-state index in [0.717, 1.165) is 99.7 Å². The Labute approximate surface area is 799 Å². The zero-order chi connectivity index (χ0) is 90.4. The average Bonchev–Trinajstić information content (AvgIpc) is 1.53. The highest BCUT2D eigenvalue weighted by Gasteiger charge is 2.34. The van der Waals surface area contributed by atoms with Gasteiger partial charge in [-0.3, -0.25) is 0 Å². The van der Waals surface area contributed by atoms with Gasteiger partial charge in [0.25, 0.3) is 0 Å². The average molecular weight is 1790 g/mol. The van der Waals surface area contributed by atoms with Crippen LogP contribution in [0.25, 0.3) is 160 Å². The molecule has 0 saturated carbocycles. The molecule has 1 aliphatic rings. The predicted octanol–water partition coefficient (Wildman–Crippen LogP) is 37.4. The lowest BCUT2D eigenvalue weighted by Gasteiger charge is -2.26. The molecule has 5 nitrogen and oxygen atoms in total. The van der Waals surface area contributed by atoms with E-state index in [1.807, 2.05) is 22.7 Å². The van der Waals surface area contributed by atoms with E-state index in [0.29, 0.717) is 0 Å². The van der Waals surface area contributed by atoms with Crippen LogP contribution in [-0.4, -0.2) is 4.21 Å². The Hall–Kier alpha value is -16.6. The van der Waals surface area contributed by atoms with Crippen LogP contribution in [0.15, 0.2) is 495 Å². The molecule has 0 saturated heterocycles. The van der Waals surface area contributed by atoms with Gasteiger partial charge in [-0.15, -0.1) is 22.7 Å². The molecule has 0 bridgehead atoms. The minimum atomic E-state index is -1.28. The van der Waals surface area contributed by atoms with Gasteiger partial charge in [-0.2, -0.15) is 0 Å². The maximum atomic E-state index is 14.5. The minimum absolute atomic E-state index is 0.957.